The Labute approximate surface area is 128 Å². The Hall–Kier alpha value is -0.570. The molecule has 0 heterocycles. The summed E-state index contributed by atoms with van der Waals surface area (Å²) in [5.41, 5.74) is 0.445. The van der Waals surface area contributed by atoms with Gasteiger partial charge in [-0.25, -0.2) is 0 Å². The van der Waals surface area contributed by atoms with Gasteiger partial charge >= 0.3 is 0 Å². The summed E-state index contributed by atoms with van der Waals surface area (Å²) in [5, 5.41) is 8.04. The van der Waals surface area contributed by atoms with Crippen LogP contribution in [0.3, 0.4) is 0 Å². The summed E-state index contributed by atoms with van der Waals surface area (Å²) in [6.07, 6.45) is 11.2. The minimum atomic E-state index is 0.445. The van der Waals surface area contributed by atoms with Gasteiger partial charge in [0.1, 0.15) is 0 Å². The van der Waals surface area contributed by atoms with Gasteiger partial charge in [-0.05, 0) is 67.5 Å². The Morgan fingerprint density at radius 1 is 1.10 bits per heavy atom. The van der Waals surface area contributed by atoms with Crippen molar-refractivity contribution in [3.63, 3.8) is 0 Å². The number of rotatable bonds is 2. The van der Waals surface area contributed by atoms with Crippen LogP contribution in [0.4, 0.5) is 0 Å². The molecular weight excluding hydrogens is 264 g/mol. The largest absolute Gasteiger partial charge is 0.360 e. The summed E-state index contributed by atoms with van der Waals surface area (Å²) in [4.78, 5) is 0. The third kappa shape index (κ3) is 3.19. The fourth-order valence-electron chi connectivity index (χ4n) is 4.80. The third-order valence-corrected chi connectivity index (χ3v) is 5.55. The van der Waals surface area contributed by atoms with Gasteiger partial charge in [-0.15, -0.1) is 0 Å². The fourth-order valence-corrected chi connectivity index (χ4v) is 5.12. The lowest BCUT2D eigenvalue weighted by Gasteiger charge is -2.40. The van der Waals surface area contributed by atoms with Crippen LogP contribution < -0.4 is 10.6 Å². The lowest BCUT2D eigenvalue weighted by Crippen LogP contribution is -2.50. The first-order valence-electron chi connectivity index (χ1n) is 8.17. The number of hydrogen-bond donors (Lipinski definition) is 2. The molecule has 3 aliphatic carbocycles. The minimum Gasteiger partial charge on any atom is -0.360 e. The third-order valence-electron chi connectivity index (χ3n) is 5.32. The smallest absolute Gasteiger partial charge is 0.166 e. The molecule has 2 N–H and O–H groups in total. The van der Waals surface area contributed by atoms with Crippen molar-refractivity contribution in [1.29, 1.82) is 0 Å². The number of nitrogens with one attached hydrogen (secondary N) is 2. The Morgan fingerprint density at radius 2 is 1.90 bits per heavy atom. The second kappa shape index (κ2) is 5.32. The first kappa shape index (κ1) is 14.4. The van der Waals surface area contributed by atoms with E-state index in [4.69, 9.17) is 12.2 Å². The summed E-state index contributed by atoms with van der Waals surface area (Å²) in [6, 6.07) is 1.11. The molecule has 20 heavy (non-hydrogen) atoms. The Kier molecular flexibility index (Phi) is 3.83. The molecule has 0 unspecified atom stereocenters. The standard InChI is InChI=1S/C17H28N2S/c1-11-6-14(10-17(2,3)9-11)18-16(20)19-15-8-12-4-5-13(15)7-12/h4-5,11-15H,6-10H2,1-3H3,(H2,18,19,20)/t11-,12+,13+,14+,15-/m1/s1. The van der Waals surface area contributed by atoms with Crippen LogP contribution in [0.5, 0.6) is 0 Å². The van der Waals surface area contributed by atoms with Gasteiger partial charge in [-0.1, -0.05) is 32.9 Å². The van der Waals surface area contributed by atoms with E-state index < -0.39 is 0 Å². The normalized spacial score (nSPS) is 41.6. The van der Waals surface area contributed by atoms with Gasteiger partial charge < -0.3 is 10.6 Å². The van der Waals surface area contributed by atoms with Crippen molar-refractivity contribution in [3.05, 3.63) is 12.2 Å². The van der Waals surface area contributed by atoms with Crippen molar-refractivity contribution >= 4 is 17.3 Å². The SMILES string of the molecule is C[C@@H]1C[C@H](NC(=S)N[C@@H]2C[C@H]3C=C[C@H]2C3)CC(C)(C)C1. The van der Waals surface area contributed by atoms with Crippen LogP contribution in [-0.2, 0) is 0 Å². The molecule has 0 aromatic rings. The zero-order valence-corrected chi connectivity index (χ0v) is 13.8. The molecule has 2 nitrogen and oxygen atoms in total. The van der Waals surface area contributed by atoms with Crippen LogP contribution in [0.2, 0.25) is 0 Å². The van der Waals surface area contributed by atoms with E-state index in [1.807, 2.05) is 0 Å². The van der Waals surface area contributed by atoms with E-state index in [-0.39, 0.29) is 0 Å². The highest BCUT2D eigenvalue weighted by atomic mass is 32.1. The number of fused-ring (bicyclic) bond motifs is 2. The minimum absolute atomic E-state index is 0.445. The fraction of sp³-hybridized carbons (Fsp3) is 0.824. The highest BCUT2D eigenvalue weighted by Crippen LogP contribution is 2.40. The van der Waals surface area contributed by atoms with Gasteiger partial charge in [0.15, 0.2) is 5.11 Å². The molecule has 2 saturated carbocycles. The van der Waals surface area contributed by atoms with Crippen molar-refractivity contribution in [2.24, 2.45) is 23.2 Å². The second-order valence-electron chi connectivity index (χ2n) is 8.11. The van der Waals surface area contributed by atoms with E-state index in [1.54, 1.807) is 0 Å². The second-order valence-corrected chi connectivity index (χ2v) is 8.52. The zero-order chi connectivity index (χ0) is 14.3. The highest BCUT2D eigenvalue weighted by Gasteiger charge is 2.36. The molecule has 0 aromatic carbocycles. The maximum atomic E-state index is 5.55. The van der Waals surface area contributed by atoms with Crippen molar-refractivity contribution in [3.8, 4) is 0 Å². The lowest BCUT2D eigenvalue weighted by molar-refractivity contribution is 0.161. The van der Waals surface area contributed by atoms with Crippen molar-refractivity contribution in [2.75, 3.05) is 0 Å². The van der Waals surface area contributed by atoms with Crippen molar-refractivity contribution in [2.45, 2.75) is 65.0 Å². The quantitative estimate of drug-likeness (QED) is 0.600. The summed E-state index contributed by atoms with van der Waals surface area (Å²) in [5.74, 6) is 2.31. The number of thiocarbonyl (C=S) groups is 1. The molecule has 3 aliphatic rings. The van der Waals surface area contributed by atoms with Gasteiger partial charge in [-0.2, -0.15) is 0 Å². The summed E-state index contributed by atoms with van der Waals surface area (Å²) >= 11 is 5.55. The molecule has 0 radical (unpaired) electrons. The molecular formula is C17H28N2S. The van der Waals surface area contributed by atoms with Crippen LogP contribution in [0, 0.1) is 23.2 Å². The van der Waals surface area contributed by atoms with Gasteiger partial charge in [-0.3, -0.25) is 0 Å². The predicted octanol–water partition coefficient (Wildman–Crippen LogP) is 3.63. The van der Waals surface area contributed by atoms with Gasteiger partial charge in [0.25, 0.3) is 0 Å². The van der Waals surface area contributed by atoms with Crippen LogP contribution in [0.1, 0.15) is 52.9 Å². The predicted molar refractivity (Wildman–Crippen MR) is 88.6 cm³/mol. The molecule has 0 spiro atoms. The van der Waals surface area contributed by atoms with E-state index in [0.717, 1.165) is 16.9 Å². The average Bonchev–Trinajstić information content (AvgIpc) is 2.87. The van der Waals surface area contributed by atoms with Gasteiger partial charge in [0.05, 0.1) is 0 Å². The summed E-state index contributed by atoms with van der Waals surface area (Å²) in [7, 11) is 0. The van der Waals surface area contributed by atoms with E-state index in [2.05, 4.69) is 43.6 Å². The molecule has 0 saturated heterocycles. The van der Waals surface area contributed by atoms with E-state index in [0.29, 0.717) is 23.4 Å². The molecule has 112 valence electrons. The molecule has 3 heteroatoms. The van der Waals surface area contributed by atoms with Crippen molar-refractivity contribution < 1.29 is 0 Å². The number of allylic oxidation sites excluding steroid dienone is 1. The van der Waals surface area contributed by atoms with E-state index in [9.17, 15) is 0 Å². The first-order valence-corrected chi connectivity index (χ1v) is 8.57. The summed E-state index contributed by atoms with van der Waals surface area (Å²) in [6.45, 7) is 7.13. The Morgan fingerprint density at radius 3 is 2.50 bits per heavy atom. The average molecular weight is 292 g/mol. The number of hydrogen-bond acceptors (Lipinski definition) is 1. The van der Waals surface area contributed by atoms with Gasteiger partial charge in [0.2, 0.25) is 0 Å². The molecule has 2 fully saturated rings. The monoisotopic (exact) mass is 292 g/mol. The van der Waals surface area contributed by atoms with Crippen LogP contribution in [0.25, 0.3) is 0 Å². The Bertz CT molecular complexity index is 415. The van der Waals surface area contributed by atoms with E-state index >= 15 is 0 Å². The van der Waals surface area contributed by atoms with Crippen LogP contribution in [-0.4, -0.2) is 17.2 Å². The van der Waals surface area contributed by atoms with Gasteiger partial charge in [0, 0.05) is 12.1 Å². The Balaban J connectivity index is 1.50. The zero-order valence-electron chi connectivity index (χ0n) is 13.0. The molecule has 0 aliphatic heterocycles. The van der Waals surface area contributed by atoms with Crippen molar-refractivity contribution in [1.82, 2.24) is 10.6 Å². The molecule has 0 amide bonds. The molecule has 5 atom stereocenters. The van der Waals surface area contributed by atoms with Crippen LogP contribution in [0.15, 0.2) is 12.2 Å². The summed E-state index contributed by atoms with van der Waals surface area (Å²) < 4.78 is 0. The molecule has 2 bridgehead atoms. The van der Waals surface area contributed by atoms with E-state index in [1.165, 1.54) is 32.1 Å². The highest BCUT2D eigenvalue weighted by molar-refractivity contribution is 7.80. The maximum absolute atomic E-state index is 5.55. The topological polar surface area (TPSA) is 24.1 Å². The molecule has 3 rings (SSSR count). The maximum Gasteiger partial charge on any atom is 0.166 e. The lowest BCUT2D eigenvalue weighted by atomic mass is 9.71. The van der Waals surface area contributed by atoms with Crippen LogP contribution >= 0.6 is 12.2 Å². The molecule has 0 aromatic heterocycles. The first-order chi connectivity index (χ1) is 9.41.